The number of aromatic carboxylic acids is 1. The highest BCUT2D eigenvalue weighted by atomic mass is 19.1. The Bertz CT molecular complexity index is 543. The molecule has 1 heterocycles. The maximum atomic E-state index is 13.7. The molecule has 1 fully saturated rings. The lowest BCUT2D eigenvalue weighted by Gasteiger charge is -2.13. The number of rotatable bonds is 5. The zero-order chi connectivity index (χ0) is 14.7. The van der Waals surface area contributed by atoms with Crippen LogP contribution in [0.3, 0.4) is 0 Å². The molecule has 0 amide bonds. The molecule has 1 saturated heterocycles. The summed E-state index contributed by atoms with van der Waals surface area (Å²) in [5.74, 6) is -2.34. The molecule has 0 aromatic heterocycles. The number of hydrogen-bond acceptors (Lipinski definition) is 5. The van der Waals surface area contributed by atoms with Gasteiger partial charge in [0.05, 0.1) is 22.8 Å². The number of carboxylic acid groups (broad SMARTS) is 1. The van der Waals surface area contributed by atoms with E-state index in [1.807, 2.05) is 0 Å². The fraction of sp³-hybridized carbons (Fsp3) is 0.417. The van der Waals surface area contributed by atoms with Crippen LogP contribution in [-0.4, -0.2) is 35.3 Å². The summed E-state index contributed by atoms with van der Waals surface area (Å²) >= 11 is 0. The Morgan fingerprint density at radius 3 is 2.90 bits per heavy atom. The van der Waals surface area contributed by atoms with Crippen molar-refractivity contribution in [3.63, 3.8) is 0 Å². The van der Waals surface area contributed by atoms with Gasteiger partial charge in [-0.15, -0.1) is 0 Å². The topological polar surface area (TPSA) is 102 Å². The van der Waals surface area contributed by atoms with Crippen LogP contribution in [0.5, 0.6) is 0 Å². The van der Waals surface area contributed by atoms with Crippen molar-refractivity contribution in [2.45, 2.75) is 18.9 Å². The summed E-state index contributed by atoms with van der Waals surface area (Å²) in [7, 11) is 0. The van der Waals surface area contributed by atoms with Gasteiger partial charge in [0.2, 0.25) is 0 Å². The second kappa shape index (κ2) is 5.83. The third-order valence-electron chi connectivity index (χ3n) is 3.06. The Labute approximate surface area is 113 Å². The van der Waals surface area contributed by atoms with E-state index in [0.717, 1.165) is 18.9 Å². The van der Waals surface area contributed by atoms with Crippen molar-refractivity contribution >= 4 is 17.3 Å². The second-order valence-corrected chi connectivity index (χ2v) is 4.43. The van der Waals surface area contributed by atoms with Crippen LogP contribution in [0, 0.1) is 15.9 Å². The minimum absolute atomic E-state index is 0.0575. The number of ether oxygens (including phenoxy) is 1. The molecule has 0 radical (unpaired) electrons. The van der Waals surface area contributed by atoms with E-state index in [-0.39, 0.29) is 11.8 Å². The predicted octanol–water partition coefficient (Wildman–Crippen LogP) is 2.02. The summed E-state index contributed by atoms with van der Waals surface area (Å²) in [6.07, 6.45) is 1.71. The molecule has 1 atom stereocenters. The summed E-state index contributed by atoms with van der Waals surface area (Å²) in [4.78, 5) is 20.7. The van der Waals surface area contributed by atoms with E-state index >= 15 is 0 Å². The largest absolute Gasteiger partial charge is 0.477 e. The molecule has 0 saturated carbocycles. The van der Waals surface area contributed by atoms with E-state index < -0.39 is 28.0 Å². The van der Waals surface area contributed by atoms with E-state index in [1.54, 1.807) is 0 Å². The molecule has 20 heavy (non-hydrogen) atoms. The maximum absolute atomic E-state index is 13.7. The standard InChI is InChI=1S/C12H13FN2O5/c13-9-5-11(15(18)19)8(12(16)17)4-10(9)14-6-7-2-1-3-20-7/h4-5,7,14H,1-3,6H2,(H,16,17). The zero-order valence-electron chi connectivity index (χ0n) is 10.5. The molecule has 1 aromatic rings. The van der Waals surface area contributed by atoms with Crippen LogP contribution in [0.4, 0.5) is 15.8 Å². The van der Waals surface area contributed by atoms with Gasteiger partial charge in [0.1, 0.15) is 5.56 Å². The minimum atomic E-state index is -1.48. The molecule has 7 nitrogen and oxygen atoms in total. The number of nitro benzene ring substituents is 1. The zero-order valence-corrected chi connectivity index (χ0v) is 10.5. The van der Waals surface area contributed by atoms with Gasteiger partial charge >= 0.3 is 5.97 Å². The molecule has 1 aliphatic rings. The first kappa shape index (κ1) is 14.2. The molecule has 0 bridgehead atoms. The smallest absolute Gasteiger partial charge is 0.342 e. The van der Waals surface area contributed by atoms with Gasteiger partial charge in [-0.25, -0.2) is 9.18 Å². The normalized spacial score (nSPS) is 17.9. The molecule has 1 aromatic carbocycles. The lowest BCUT2D eigenvalue weighted by molar-refractivity contribution is -0.385. The highest BCUT2D eigenvalue weighted by molar-refractivity contribution is 5.93. The Morgan fingerprint density at radius 2 is 2.35 bits per heavy atom. The first-order valence-electron chi connectivity index (χ1n) is 6.05. The Morgan fingerprint density at radius 1 is 1.60 bits per heavy atom. The number of anilines is 1. The van der Waals surface area contributed by atoms with E-state index in [0.29, 0.717) is 19.2 Å². The summed E-state index contributed by atoms with van der Waals surface area (Å²) in [5, 5.41) is 22.4. The number of benzene rings is 1. The summed E-state index contributed by atoms with van der Waals surface area (Å²) in [5.41, 5.74) is -1.40. The van der Waals surface area contributed by atoms with Crippen molar-refractivity contribution in [1.82, 2.24) is 0 Å². The fourth-order valence-electron chi connectivity index (χ4n) is 2.05. The van der Waals surface area contributed by atoms with Gasteiger partial charge in [-0.1, -0.05) is 0 Å². The van der Waals surface area contributed by atoms with Crippen LogP contribution in [0.15, 0.2) is 12.1 Å². The van der Waals surface area contributed by atoms with Gasteiger partial charge in [-0.05, 0) is 18.9 Å². The third kappa shape index (κ3) is 3.02. The van der Waals surface area contributed by atoms with Crippen molar-refractivity contribution in [3.8, 4) is 0 Å². The van der Waals surface area contributed by atoms with Crippen molar-refractivity contribution < 1.29 is 24.0 Å². The number of hydrogen-bond donors (Lipinski definition) is 2. The van der Waals surface area contributed by atoms with E-state index in [2.05, 4.69) is 5.32 Å². The van der Waals surface area contributed by atoms with Gasteiger partial charge < -0.3 is 15.2 Å². The van der Waals surface area contributed by atoms with Crippen LogP contribution in [0.2, 0.25) is 0 Å². The summed E-state index contributed by atoms with van der Waals surface area (Å²) in [6, 6.07) is 1.55. The number of carboxylic acids is 1. The number of halogens is 1. The number of nitrogens with one attached hydrogen (secondary N) is 1. The first-order valence-corrected chi connectivity index (χ1v) is 6.05. The third-order valence-corrected chi connectivity index (χ3v) is 3.06. The lowest BCUT2D eigenvalue weighted by Crippen LogP contribution is -2.19. The molecule has 2 rings (SSSR count). The van der Waals surface area contributed by atoms with Gasteiger partial charge in [-0.2, -0.15) is 0 Å². The average molecular weight is 284 g/mol. The first-order chi connectivity index (χ1) is 9.49. The predicted molar refractivity (Wildman–Crippen MR) is 67.5 cm³/mol. The molecule has 0 spiro atoms. The van der Waals surface area contributed by atoms with E-state index in [1.165, 1.54) is 0 Å². The van der Waals surface area contributed by atoms with Crippen molar-refractivity contribution in [2.75, 3.05) is 18.5 Å². The van der Waals surface area contributed by atoms with Crippen LogP contribution in [-0.2, 0) is 4.74 Å². The average Bonchev–Trinajstić information content (AvgIpc) is 2.89. The number of nitrogens with zero attached hydrogens (tertiary/aromatic N) is 1. The van der Waals surface area contributed by atoms with Crippen LogP contribution < -0.4 is 5.32 Å². The van der Waals surface area contributed by atoms with E-state index in [9.17, 15) is 19.3 Å². The van der Waals surface area contributed by atoms with Gasteiger partial charge in [-0.3, -0.25) is 10.1 Å². The lowest BCUT2D eigenvalue weighted by atomic mass is 10.1. The second-order valence-electron chi connectivity index (χ2n) is 4.43. The SMILES string of the molecule is O=C(O)c1cc(NCC2CCCO2)c(F)cc1[N+](=O)[O-]. The summed E-state index contributed by atoms with van der Waals surface area (Å²) < 4.78 is 19.1. The molecule has 1 aliphatic heterocycles. The van der Waals surface area contributed by atoms with Crippen LogP contribution >= 0.6 is 0 Å². The minimum Gasteiger partial charge on any atom is -0.477 e. The van der Waals surface area contributed by atoms with Gasteiger partial charge in [0.25, 0.3) is 5.69 Å². The Balaban J connectivity index is 2.22. The highest BCUT2D eigenvalue weighted by Gasteiger charge is 2.24. The van der Waals surface area contributed by atoms with Gasteiger partial charge in [0, 0.05) is 13.2 Å². The molecule has 1 unspecified atom stereocenters. The quantitative estimate of drug-likeness (QED) is 0.633. The summed E-state index contributed by atoms with van der Waals surface area (Å²) in [6.45, 7) is 0.975. The fourth-order valence-corrected chi connectivity index (χ4v) is 2.05. The number of nitro groups is 1. The van der Waals surface area contributed by atoms with Gasteiger partial charge in [0.15, 0.2) is 5.82 Å². The highest BCUT2D eigenvalue weighted by Crippen LogP contribution is 2.26. The van der Waals surface area contributed by atoms with Crippen molar-refractivity contribution in [2.24, 2.45) is 0 Å². The van der Waals surface area contributed by atoms with Crippen molar-refractivity contribution in [3.05, 3.63) is 33.6 Å². The molecule has 0 aliphatic carbocycles. The van der Waals surface area contributed by atoms with Crippen LogP contribution in [0.1, 0.15) is 23.2 Å². The molecule has 8 heteroatoms. The molecular weight excluding hydrogens is 271 g/mol. The number of carbonyl (C=O) groups is 1. The van der Waals surface area contributed by atoms with Crippen molar-refractivity contribution in [1.29, 1.82) is 0 Å². The Hall–Kier alpha value is -2.22. The van der Waals surface area contributed by atoms with Crippen LogP contribution in [0.25, 0.3) is 0 Å². The molecule has 108 valence electrons. The molecular formula is C12H13FN2O5. The van der Waals surface area contributed by atoms with E-state index in [4.69, 9.17) is 9.84 Å². The monoisotopic (exact) mass is 284 g/mol. The molecule has 2 N–H and O–H groups in total. The maximum Gasteiger partial charge on any atom is 0.342 e. The Kier molecular flexibility index (Phi) is 4.14.